The van der Waals surface area contributed by atoms with Crippen LogP contribution in [-0.4, -0.2) is 20.9 Å². The van der Waals surface area contributed by atoms with Gasteiger partial charge in [0.15, 0.2) is 0 Å². The Morgan fingerprint density at radius 1 is 1.35 bits per heavy atom. The summed E-state index contributed by atoms with van der Waals surface area (Å²) in [5.41, 5.74) is -0.202. The van der Waals surface area contributed by atoms with Crippen LogP contribution in [0.4, 0.5) is 0 Å². The zero-order chi connectivity index (χ0) is 14.9. The molecule has 0 saturated carbocycles. The molecule has 0 aliphatic rings. The molecule has 1 aromatic carbocycles. The van der Waals surface area contributed by atoms with Gasteiger partial charge < -0.3 is 5.11 Å². The molecule has 1 aromatic heterocycles. The van der Waals surface area contributed by atoms with Crippen LogP contribution in [-0.2, 0) is 6.42 Å². The van der Waals surface area contributed by atoms with Crippen LogP contribution in [0.15, 0.2) is 29.2 Å². The number of nitrogens with zero attached hydrogens (tertiary/aromatic N) is 2. The van der Waals surface area contributed by atoms with Crippen molar-refractivity contribution in [2.75, 3.05) is 0 Å². The van der Waals surface area contributed by atoms with Crippen molar-refractivity contribution in [3.8, 4) is 5.69 Å². The maximum atomic E-state index is 11.8. The summed E-state index contributed by atoms with van der Waals surface area (Å²) in [6.07, 6.45) is 1.90. The number of aryl methyl sites for hydroxylation is 1. The minimum absolute atomic E-state index is 0.319. The predicted molar refractivity (Wildman–Crippen MR) is 76.2 cm³/mol. The summed E-state index contributed by atoms with van der Waals surface area (Å²) >= 11 is 11.7. The first-order valence-corrected chi connectivity index (χ1v) is 6.51. The van der Waals surface area contributed by atoms with E-state index in [0.29, 0.717) is 27.7 Å². The first-order valence-electron chi connectivity index (χ1n) is 5.75. The summed E-state index contributed by atoms with van der Waals surface area (Å²) in [5.74, 6) is -1.36. The zero-order valence-electron chi connectivity index (χ0n) is 10.4. The lowest BCUT2D eigenvalue weighted by Gasteiger charge is -2.09. The number of benzene rings is 1. The molecular weight excluding hydrogens is 303 g/mol. The second kappa shape index (κ2) is 5.64. The highest BCUT2D eigenvalue weighted by Crippen LogP contribution is 2.24. The molecule has 2 rings (SSSR count). The minimum atomic E-state index is -1.36. The summed E-state index contributed by atoms with van der Waals surface area (Å²) in [6.45, 7) is 1.77. The molecule has 0 amide bonds. The smallest absolute Gasteiger partial charge is 0.360 e. The van der Waals surface area contributed by atoms with Gasteiger partial charge >= 0.3 is 5.97 Å². The van der Waals surface area contributed by atoms with Crippen LogP contribution >= 0.6 is 23.2 Å². The highest BCUT2D eigenvalue weighted by atomic mass is 35.5. The Hall–Kier alpha value is -1.85. The summed E-state index contributed by atoms with van der Waals surface area (Å²) < 4.78 is 1.31. The van der Waals surface area contributed by atoms with E-state index >= 15 is 0 Å². The number of halogens is 2. The molecule has 0 spiro atoms. The molecule has 0 radical (unpaired) electrons. The Labute approximate surface area is 124 Å². The Morgan fingerprint density at radius 3 is 2.60 bits per heavy atom. The molecule has 0 aliphatic carbocycles. The van der Waals surface area contributed by atoms with E-state index in [2.05, 4.69) is 5.10 Å². The number of hydrogen-bond donors (Lipinski definition) is 1. The zero-order valence-corrected chi connectivity index (χ0v) is 11.9. The van der Waals surface area contributed by atoms with Gasteiger partial charge in [0.1, 0.15) is 0 Å². The van der Waals surface area contributed by atoms with Crippen molar-refractivity contribution in [2.24, 2.45) is 0 Å². The van der Waals surface area contributed by atoms with E-state index in [1.165, 1.54) is 10.9 Å². The van der Waals surface area contributed by atoms with Gasteiger partial charge in [0.25, 0.3) is 0 Å². The lowest BCUT2D eigenvalue weighted by molar-refractivity contribution is 0.0686. The van der Waals surface area contributed by atoms with E-state index < -0.39 is 17.1 Å². The number of aromatic carboxylic acids is 1. The number of hydrogen-bond acceptors (Lipinski definition) is 3. The molecule has 0 aliphatic heterocycles. The van der Waals surface area contributed by atoms with E-state index in [-0.39, 0.29) is 0 Å². The van der Waals surface area contributed by atoms with Crippen molar-refractivity contribution in [3.05, 3.63) is 55.9 Å². The van der Waals surface area contributed by atoms with Crippen LogP contribution in [0.25, 0.3) is 5.69 Å². The van der Waals surface area contributed by atoms with E-state index in [1.807, 2.05) is 0 Å². The van der Waals surface area contributed by atoms with E-state index in [1.54, 1.807) is 25.1 Å². The summed E-state index contributed by atoms with van der Waals surface area (Å²) in [6, 6.07) is 4.76. The third-order valence-electron chi connectivity index (χ3n) is 2.74. The van der Waals surface area contributed by atoms with Crippen molar-refractivity contribution >= 4 is 29.2 Å². The number of carboxylic acid groups (broad SMARTS) is 1. The highest BCUT2D eigenvalue weighted by Gasteiger charge is 2.15. The van der Waals surface area contributed by atoms with Crippen LogP contribution in [0.1, 0.15) is 23.0 Å². The topological polar surface area (TPSA) is 72.2 Å². The molecule has 0 unspecified atom stereocenters. The normalized spacial score (nSPS) is 10.6. The summed E-state index contributed by atoms with van der Waals surface area (Å²) in [5, 5.41) is 13.6. The monoisotopic (exact) mass is 312 g/mol. The second-order valence-corrected chi connectivity index (χ2v) is 4.85. The summed E-state index contributed by atoms with van der Waals surface area (Å²) in [7, 11) is 0. The molecule has 104 valence electrons. The molecule has 0 atom stereocenters. The van der Waals surface area contributed by atoms with Gasteiger partial charge in [0.05, 0.1) is 15.7 Å². The van der Waals surface area contributed by atoms with E-state index in [4.69, 9.17) is 28.3 Å². The fourth-order valence-corrected chi connectivity index (χ4v) is 1.98. The standard InChI is InChI=1S/C13H10Cl2N2O3/c1-2-7-6-17(16-11(12(7)18)13(19)20)8-3-4-9(14)10(15)5-8/h3-6H,2H2,1H3,(H,19,20). The average Bonchev–Trinajstić information content (AvgIpc) is 2.42. The van der Waals surface area contributed by atoms with Gasteiger partial charge in [-0.05, 0) is 24.6 Å². The molecule has 7 heteroatoms. The summed E-state index contributed by atoms with van der Waals surface area (Å²) in [4.78, 5) is 22.9. The average molecular weight is 313 g/mol. The second-order valence-electron chi connectivity index (χ2n) is 4.03. The largest absolute Gasteiger partial charge is 0.476 e. The third-order valence-corrected chi connectivity index (χ3v) is 3.48. The number of rotatable bonds is 3. The lowest BCUT2D eigenvalue weighted by atomic mass is 10.2. The van der Waals surface area contributed by atoms with Crippen LogP contribution < -0.4 is 5.43 Å². The van der Waals surface area contributed by atoms with E-state index in [0.717, 1.165) is 0 Å². The molecule has 5 nitrogen and oxygen atoms in total. The SMILES string of the molecule is CCc1cn(-c2ccc(Cl)c(Cl)c2)nc(C(=O)O)c1=O. The molecule has 0 bridgehead atoms. The Morgan fingerprint density at radius 2 is 2.05 bits per heavy atom. The van der Waals surface area contributed by atoms with Crippen LogP contribution in [0.2, 0.25) is 10.0 Å². The quantitative estimate of drug-likeness (QED) is 0.946. The molecule has 20 heavy (non-hydrogen) atoms. The Balaban J connectivity index is 2.68. The molecular formula is C13H10Cl2N2O3. The molecule has 0 saturated heterocycles. The van der Waals surface area contributed by atoms with Crippen molar-refractivity contribution in [1.82, 2.24) is 9.78 Å². The van der Waals surface area contributed by atoms with Gasteiger partial charge in [-0.25, -0.2) is 9.48 Å². The first-order chi connectivity index (χ1) is 9.43. The van der Waals surface area contributed by atoms with Crippen molar-refractivity contribution in [3.63, 3.8) is 0 Å². The van der Waals surface area contributed by atoms with Gasteiger partial charge in [0, 0.05) is 11.8 Å². The van der Waals surface area contributed by atoms with Gasteiger partial charge in [-0.15, -0.1) is 0 Å². The molecule has 1 heterocycles. The van der Waals surface area contributed by atoms with Crippen molar-refractivity contribution < 1.29 is 9.90 Å². The van der Waals surface area contributed by atoms with Crippen LogP contribution in [0.3, 0.4) is 0 Å². The van der Waals surface area contributed by atoms with Crippen LogP contribution in [0.5, 0.6) is 0 Å². The first kappa shape index (κ1) is 14.6. The van der Waals surface area contributed by atoms with Crippen molar-refractivity contribution in [2.45, 2.75) is 13.3 Å². The van der Waals surface area contributed by atoms with Gasteiger partial charge in [-0.2, -0.15) is 5.10 Å². The molecule has 1 N–H and O–H groups in total. The highest BCUT2D eigenvalue weighted by molar-refractivity contribution is 6.42. The Kier molecular flexibility index (Phi) is 4.11. The van der Waals surface area contributed by atoms with Crippen molar-refractivity contribution in [1.29, 1.82) is 0 Å². The predicted octanol–water partition coefficient (Wildman–Crippen LogP) is 2.80. The van der Waals surface area contributed by atoms with Gasteiger partial charge in [-0.3, -0.25) is 4.79 Å². The number of aromatic nitrogens is 2. The molecule has 0 fully saturated rings. The van der Waals surface area contributed by atoms with Crippen LogP contribution in [0, 0.1) is 0 Å². The Bertz CT molecular complexity index is 741. The maximum absolute atomic E-state index is 11.8. The number of carbonyl (C=O) groups is 1. The van der Waals surface area contributed by atoms with E-state index in [9.17, 15) is 9.59 Å². The fourth-order valence-electron chi connectivity index (χ4n) is 1.69. The maximum Gasteiger partial charge on any atom is 0.360 e. The lowest BCUT2D eigenvalue weighted by Crippen LogP contribution is -2.24. The molecule has 2 aromatic rings. The fraction of sp³-hybridized carbons (Fsp3) is 0.154. The minimum Gasteiger partial charge on any atom is -0.476 e. The third kappa shape index (κ3) is 2.69. The number of carboxylic acids is 1. The van der Waals surface area contributed by atoms with Gasteiger partial charge in [-0.1, -0.05) is 30.1 Å². The van der Waals surface area contributed by atoms with Gasteiger partial charge in [0.2, 0.25) is 11.1 Å².